The van der Waals surface area contributed by atoms with E-state index in [0.29, 0.717) is 19.3 Å². The van der Waals surface area contributed by atoms with Gasteiger partial charge in [-0.15, -0.1) is 0 Å². The van der Waals surface area contributed by atoms with Gasteiger partial charge in [0.15, 0.2) is 0 Å². The first-order valence-electron chi connectivity index (χ1n) is 28.6. The van der Waals surface area contributed by atoms with Crippen molar-refractivity contribution in [2.75, 3.05) is 19.8 Å². The van der Waals surface area contributed by atoms with E-state index in [9.17, 15) is 14.4 Å². The van der Waals surface area contributed by atoms with Gasteiger partial charge < -0.3 is 14.2 Å². The number of hydrogen-bond acceptors (Lipinski definition) is 6. The van der Waals surface area contributed by atoms with Gasteiger partial charge in [0, 0.05) is 19.3 Å². The molecule has 0 radical (unpaired) electrons. The summed E-state index contributed by atoms with van der Waals surface area (Å²) in [5.74, 6) is -0.708. The van der Waals surface area contributed by atoms with E-state index in [4.69, 9.17) is 14.2 Å². The maximum Gasteiger partial charge on any atom is 0.305 e. The fourth-order valence-corrected chi connectivity index (χ4v) is 8.43. The fourth-order valence-electron chi connectivity index (χ4n) is 8.43. The van der Waals surface area contributed by atoms with E-state index in [0.717, 1.165) is 70.6 Å². The van der Waals surface area contributed by atoms with Crippen molar-refractivity contribution in [3.8, 4) is 0 Å². The maximum atomic E-state index is 12.8. The quantitative estimate of drug-likeness (QED) is 0.0262. The van der Waals surface area contributed by atoms with Gasteiger partial charge >= 0.3 is 17.9 Å². The first-order chi connectivity index (χ1) is 31.9. The summed E-state index contributed by atoms with van der Waals surface area (Å²) in [5, 5.41) is 0. The van der Waals surface area contributed by atoms with Crippen molar-refractivity contribution < 1.29 is 28.6 Å². The van der Waals surface area contributed by atoms with Crippen molar-refractivity contribution in [1.82, 2.24) is 0 Å². The lowest BCUT2D eigenvalue weighted by Crippen LogP contribution is -2.37. The third-order valence-electron chi connectivity index (χ3n) is 13.0. The monoisotopic (exact) mass is 915 g/mol. The molecule has 382 valence electrons. The summed E-state index contributed by atoms with van der Waals surface area (Å²) in [6.45, 7) is 8.87. The molecule has 0 aromatic rings. The molecule has 0 aliphatic carbocycles. The average Bonchev–Trinajstić information content (AvgIpc) is 3.30. The minimum atomic E-state index is -0.791. The molecule has 0 aromatic carbocycles. The van der Waals surface area contributed by atoms with Crippen LogP contribution in [0, 0.1) is 5.41 Å². The molecule has 0 saturated carbocycles. The molecule has 0 bridgehead atoms. The highest BCUT2D eigenvalue weighted by Crippen LogP contribution is 2.22. The zero-order chi connectivity index (χ0) is 47.4. The lowest BCUT2D eigenvalue weighted by atomic mass is 9.94. The van der Waals surface area contributed by atoms with Crippen molar-refractivity contribution in [1.29, 1.82) is 0 Å². The van der Waals surface area contributed by atoms with Gasteiger partial charge in [-0.1, -0.05) is 238 Å². The summed E-state index contributed by atoms with van der Waals surface area (Å²) >= 11 is 0. The van der Waals surface area contributed by atoms with Gasteiger partial charge in [0.05, 0.1) is 5.41 Å². The van der Waals surface area contributed by atoms with Gasteiger partial charge in [0.25, 0.3) is 0 Å². The molecular weight excluding hydrogens is 805 g/mol. The van der Waals surface area contributed by atoms with Crippen LogP contribution < -0.4 is 0 Å². The Hall–Kier alpha value is -2.11. The topological polar surface area (TPSA) is 78.9 Å². The van der Waals surface area contributed by atoms with Crippen LogP contribution in [-0.2, 0) is 28.6 Å². The van der Waals surface area contributed by atoms with Gasteiger partial charge in [0.2, 0.25) is 0 Å². The molecule has 0 N–H and O–H groups in total. The second kappa shape index (κ2) is 51.3. The number of allylic oxidation sites excluding steroid dienone is 4. The number of hydrogen-bond donors (Lipinski definition) is 0. The van der Waals surface area contributed by atoms with E-state index in [1.165, 1.54) is 193 Å². The minimum absolute atomic E-state index is 0.0594. The van der Waals surface area contributed by atoms with Crippen LogP contribution in [0.3, 0.4) is 0 Å². The Kier molecular flexibility index (Phi) is 49.6. The standard InChI is InChI=1S/C59H110O6/c1-5-8-11-14-17-20-23-26-29-32-35-38-41-44-47-50-56(60)63-53-59(4,54-64-57(61)51-48-45-42-39-36-33-30-27-24-21-18-15-12-9-6-2)55-65-58(62)52-49-46-43-40-37-34-31-28-25-22-19-16-13-10-7-3/h26-27,29-30H,5-25,28,31-55H2,1-4H3. The van der Waals surface area contributed by atoms with E-state index in [-0.39, 0.29) is 37.7 Å². The van der Waals surface area contributed by atoms with E-state index < -0.39 is 5.41 Å². The molecule has 0 aliphatic heterocycles. The molecule has 6 nitrogen and oxygen atoms in total. The van der Waals surface area contributed by atoms with Gasteiger partial charge in [-0.2, -0.15) is 0 Å². The Morgan fingerprint density at radius 1 is 0.292 bits per heavy atom. The molecule has 65 heavy (non-hydrogen) atoms. The van der Waals surface area contributed by atoms with Crippen LogP contribution >= 0.6 is 0 Å². The van der Waals surface area contributed by atoms with Crippen LogP contribution in [0.5, 0.6) is 0 Å². The second-order valence-electron chi connectivity index (χ2n) is 20.2. The molecule has 0 saturated heterocycles. The molecule has 0 heterocycles. The summed E-state index contributed by atoms with van der Waals surface area (Å²) in [6.07, 6.45) is 61.3. The van der Waals surface area contributed by atoms with Gasteiger partial charge in [0.1, 0.15) is 19.8 Å². The zero-order valence-electron chi connectivity index (χ0n) is 44.0. The molecule has 0 amide bonds. The first-order valence-corrected chi connectivity index (χ1v) is 28.6. The highest BCUT2D eigenvalue weighted by atomic mass is 16.6. The summed E-state index contributed by atoms with van der Waals surface area (Å²) in [5.41, 5.74) is -0.791. The van der Waals surface area contributed by atoms with Gasteiger partial charge in [-0.05, 0) is 77.6 Å². The SMILES string of the molecule is CCCCCCCCC=CCCCCCCCC(=O)OCC(C)(COC(=O)CCCCCCCC=CCCCCCCCC)COC(=O)CCCCCCCCCCCCCCCCC. The van der Waals surface area contributed by atoms with Crippen LogP contribution in [0.25, 0.3) is 0 Å². The number of rotatable bonds is 52. The molecule has 0 fully saturated rings. The third kappa shape index (κ3) is 49.6. The zero-order valence-corrected chi connectivity index (χ0v) is 44.0. The summed E-state index contributed by atoms with van der Waals surface area (Å²) in [6, 6.07) is 0. The molecule has 6 heteroatoms. The van der Waals surface area contributed by atoms with E-state index in [1.807, 2.05) is 6.92 Å². The van der Waals surface area contributed by atoms with Crippen molar-refractivity contribution in [2.24, 2.45) is 5.41 Å². The van der Waals surface area contributed by atoms with Crippen LogP contribution in [0.15, 0.2) is 24.3 Å². The molecule has 0 atom stereocenters. The second-order valence-corrected chi connectivity index (χ2v) is 20.2. The normalized spacial score (nSPS) is 12.6. The van der Waals surface area contributed by atoms with Gasteiger partial charge in [-0.3, -0.25) is 14.4 Å². The van der Waals surface area contributed by atoms with Crippen LogP contribution in [0.4, 0.5) is 0 Å². The minimum Gasteiger partial charge on any atom is -0.465 e. The lowest BCUT2D eigenvalue weighted by Gasteiger charge is -2.28. The molecular formula is C59H110O6. The van der Waals surface area contributed by atoms with E-state index in [1.54, 1.807) is 0 Å². The number of ether oxygens (including phenoxy) is 3. The van der Waals surface area contributed by atoms with Crippen molar-refractivity contribution in [3.05, 3.63) is 24.3 Å². The highest BCUT2D eigenvalue weighted by molar-refractivity contribution is 5.70. The van der Waals surface area contributed by atoms with Crippen LogP contribution in [-0.4, -0.2) is 37.7 Å². The Labute approximate surface area is 404 Å². The van der Waals surface area contributed by atoms with Crippen molar-refractivity contribution >= 4 is 17.9 Å². The maximum absolute atomic E-state index is 12.8. The smallest absolute Gasteiger partial charge is 0.305 e. The number of esters is 3. The van der Waals surface area contributed by atoms with Crippen LogP contribution in [0.1, 0.15) is 310 Å². The summed E-state index contributed by atoms with van der Waals surface area (Å²) in [7, 11) is 0. The molecule has 0 rings (SSSR count). The number of unbranched alkanes of at least 4 members (excludes halogenated alkanes) is 36. The van der Waals surface area contributed by atoms with Gasteiger partial charge in [-0.25, -0.2) is 0 Å². The first kappa shape index (κ1) is 62.9. The van der Waals surface area contributed by atoms with Crippen molar-refractivity contribution in [2.45, 2.75) is 310 Å². The Balaban J connectivity index is 4.48. The lowest BCUT2D eigenvalue weighted by molar-refractivity contribution is -0.160. The number of carbonyl (C=O) groups excluding carboxylic acids is 3. The molecule has 0 aromatic heterocycles. The number of carbonyl (C=O) groups is 3. The predicted octanol–water partition coefficient (Wildman–Crippen LogP) is 19.0. The molecule has 0 spiro atoms. The predicted molar refractivity (Wildman–Crippen MR) is 279 cm³/mol. The molecule has 0 aliphatic rings. The Bertz CT molecular complexity index is 1020. The Morgan fingerprint density at radius 3 is 0.692 bits per heavy atom. The molecule has 0 unspecified atom stereocenters. The largest absolute Gasteiger partial charge is 0.465 e. The average molecular weight is 916 g/mol. The summed E-state index contributed by atoms with van der Waals surface area (Å²) < 4.78 is 17.2. The van der Waals surface area contributed by atoms with Crippen molar-refractivity contribution in [3.63, 3.8) is 0 Å². The highest BCUT2D eigenvalue weighted by Gasteiger charge is 2.31. The van der Waals surface area contributed by atoms with E-state index in [2.05, 4.69) is 45.1 Å². The van der Waals surface area contributed by atoms with E-state index >= 15 is 0 Å². The third-order valence-corrected chi connectivity index (χ3v) is 13.0. The fraction of sp³-hybridized carbons (Fsp3) is 0.881. The Morgan fingerprint density at radius 2 is 0.477 bits per heavy atom. The summed E-state index contributed by atoms with van der Waals surface area (Å²) in [4.78, 5) is 38.4. The van der Waals surface area contributed by atoms with Crippen LogP contribution in [0.2, 0.25) is 0 Å².